The largest absolute Gasteiger partial charge is 0.328 e. The van der Waals surface area contributed by atoms with E-state index in [4.69, 9.17) is 12.2 Å². The van der Waals surface area contributed by atoms with E-state index in [0.29, 0.717) is 11.2 Å². The van der Waals surface area contributed by atoms with Crippen molar-refractivity contribution in [1.82, 2.24) is 19.3 Å². The maximum atomic E-state index is 11.9. The molecule has 2 aromatic rings. The summed E-state index contributed by atoms with van der Waals surface area (Å²) in [4.78, 5) is 3.18. The summed E-state index contributed by atoms with van der Waals surface area (Å²) < 4.78 is 28.1. The van der Waals surface area contributed by atoms with Crippen molar-refractivity contribution in [2.24, 2.45) is 0 Å². The first-order chi connectivity index (χ1) is 9.27. The number of aryl methyl sites for hydroxylation is 2. The molecule has 1 unspecified atom stereocenters. The molecule has 0 bridgehead atoms. The van der Waals surface area contributed by atoms with E-state index >= 15 is 0 Å². The van der Waals surface area contributed by atoms with Crippen LogP contribution in [0.5, 0.6) is 0 Å². The van der Waals surface area contributed by atoms with E-state index < -0.39 is 15.4 Å². The Morgan fingerprint density at radius 3 is 2.75 bits per heavy atom. The molecule has 20 heavy (non-hydrogen) atoms. The number of nitrogens with one attached hydrogen (secondary N) is 1. The van der Waals surface area contributed by atoms with Crippen LogP contribution in [-0.4, -0.2) is 39.3 Å². The fourth-order valence-corrected chi connectivity index (χ4v) is 5.62. The smallest absolute Gasteiger partial charge is 0.179 e. The van der Waals surface area contributed by atoms with E-state index in [9.17, 15) is 8.42 Å². The van der Waals surface area contributed by atoms with E-state index in [1.54, 1.807) is 0 Å². The highest BCUT2D eigenvalue weighted by Crippen LogP contribution is 2.34. The molecule has 1 fully saturated rings. The molecule has 0 spiro atoms. The van der Waals surface area contributed by atoms with Gasteiger partial charge in [0.25, 0.3) is 0 Å². The highest BCUT2D eigenvalue weighted by atomic mass is 32.2. The van der Waals surface area contributed by atoms with Crippen LogP contribution in [-0.2, 0) is 21.9 Å². The minimum Gasteiger partial charge on any atom is -0.328 e. The molecule has 0 saturated carbocycles. The highest BCUT2D eigenvalue weighted by molar-refractivity contribution is 7.91. The zero-order valence-electron chi connectivity index (χ0n) is 11.8. The van der Waals surface area contributed by atoms with Gasteiger partial charge in [-0.15, -0.1) is 0 Å². The SMILES string of the molecule is CCn1nc(C)c2[nH]c(=S)n(C3(C)CCS(=O)(=O)C3)c21. The molecular formula is C12H18N4O2S2. The summed E-state index contributed by atoms with van der Waals surface area (Å²) in [6.45, 7) is 6.63. The van der Waals surface area contributed by atoms with Gasteiger partial charge in [-0.2, -0.15) is 5.10 Å². The Morgan fingerprint density at radius 2 is 2.20 bits per heavy atom. The first kappa shape index (κ1) is 13.8. The molecule has 1 atom stereocenters. The van der Waals surface area contributed by atoms with E-state index in [1.165, 1.54) is 0 Å². The number of fused-ring (bicyclic) bond motifs is 1. The number of sulfone groups is 1. The lowest BCUT2D eigenvalue weighted by Gasteiger charge is -2.25. The molecule has 1 saturated heterocycles. The van der Waals surface area contributed by atoms with Gasteiger partial charge in [0.2, 0.25) is 0 Å². The molecule has 3 heterocycles. The number of nitrogens with zero attached hydrogens (tertiary/aromatic N) is 3. The van der Waals surface area contributed by atoms with Gasteiger partial charge in [0, 0.05) is 6.54 Å². The van der Waals surface area contributed by atoms with Gasteiger partial charge in [0.05, 0.1) is 22.7 Å². The zero-order chi connectivity index (χ0) is 14.7. The standard InChI is InChI=1S/C12H18N4O2S2/c1-4-15-10-9(8(2)14-15)13-11(19)16(10)12(3)5-6-20(17,18)7-12/h4-7H2,1-3H3,(H,13,19). The third-order valence-corrected chi connectivity index (χ3v) is 6.24. The van der Waals surface area contributed by atoms with Crippen LogP contribution in [0.15, 0.2) is 0 Å². The van der Waals surface area contributed by atoms with Crippen LogP contribution < -0.4 is 0 Å². The fourth-order valence-electron chi connectivity index (χ4n) is 3.09. The summed E-state index contributed by atoms with van der Waals surface area (Å²) in [7, 11) is -2.99. The van der Waals surface area contributed by atoms with E-state index in [1.807, 2.05) is 30.0 Å². The van der Waals surface area contributed by atoms with Gasteiger partial charge < -0.3 is 4.98 Å². The second-order valence-electron chi connectivity index (χ2n) is 5.70. The lowest BCUT2D eigenvalue weighted by Crippen LogP contribution is -2.32. The van der Waals surface area contributed by atoms with Gasteiger partial charge in [0.1, 0.15) is 5.52 Å². The summed E-state index contributed by atoms with van der Waals surface area (Å²) in [6, 6.07) is 0. The van der Waals surface area contributed by atoms with Crippen molar-refractivity contribution in [3.63, 3.8) is 0 Å². The quantitative estimate of drug-likeness (QED) is 0.857. The Morgan fingerprint density at radius 1 is 1.50 bits per heavy atom. The van der Waals surface area contributed by atoms with Crippen molar-refractivity contribution >= 4 is 33.2 Å². The summed E-state index contributed by atoms with van der Waals surface area (Å²) >= 11 is 5.43. The van der Waals surface area contributed by atoms with Crippen LogP contribution in [0.25, 0.3) is 11.2 Å². The molecule has 8 heteroatoms. The maximum absolute atomic E-state index is 11.9. The molecule has 0 aromatic carbocycles. The Kier molecular flexibility index (Phi) is 2.88. The lowest BCUT2D eigenvalue weighted by molar-refractivity contribution is 0.365. The fraction of sp³-hybridized carbons (Fsp3) is 0.667. The molecule has 2 aromatic heterocycles. The number of hydrogen-bond donors (Lipinski definition) is 1. The van der Waals surface area contributed by atoms with Gasteiger partial charge in [-0.1, -0.05) is 0 Å². The summed E-state index contributed by atoms with van der Waals surface area (Å²) in [5.74, 6) is 0.354. The zero-order valence-corrected chi connectivity index (χ0v) is 13.4. The summed E-state index contributed by atoms with van der Waals surface area (Å²) in [5.41, 5.74) is 2.20. The molecule has 1 aliphatic rings. The van der Waals surface area contributed by atoms with Crippen LogP contribution in [0, 0.1) is 11.7 Å². The first-order valence-electron chi connectivity index (χ1n) is 6.66. The van der Waals surface area contributed by atoms with Crippen LogP contribution in [0.2, 0.25) is 0 Å². The van der Waals surface area contributed by atoms with Crippen molar-refractivity contribution < 1.29 is 8.42 Å². The normalized spacial score (nSPS) is 25.6. The molecule has 1 aliphatic heterocycles. The predicted molar refractivity (Wildman–Crippen MR) is 80.2 cm³/mol. The van der Waals surface area contributed by atoms with E-state index in [0.717, 1.165) is 23.4 Å². The monoisotopic (exact) mass is 314 g/mol. The number of rotatable bonds is 2. The topological polar surface area (TPSA) is 72.7 Å². The van der Waals surface area contributed by atoms with Gasteiger partial charge in [0.15, 0.2) is 20.3 Å². The van der Waals surface area contributed by atoms with E-state index in [-0.39, 0.29) is 11.5 Å². The van der Waals surface area contributed by atoms with E-state index in [2.05, 4.69) is 10.1 Å². The Balaban J connectivity index is 2.32. The molecule has 0 amide bonds. The van der Waals surface area contributed by atoms with Gasteiger partial charge >= 0.3 is 0 Å². The highest BCUT2D eigenvalue weighted by Gasteiger charge is 2.41. The number of hydrogen-bond acceptors (Lipinski definition) is 4. The number of imidazole rings is 1. The maximum Gasteiger partial charge on any atom is 0.179 e. The van der Waals surface area contributed by atoms with Crippen molar-refractivity contribution in [1.29, 1.82) is 0 Å². The Hall–Kier alpha value is -1.15. The molecule has 0 radical (unpaired) electrons. The first-order valence-corrected chi connectivity index (χ1v) is 8.89. The third-order valence-electron chi connectivity index (χ3n) is 4.07. The number of aromatic amines is 1. The van der Waals surface area contributed by atoms with Gasteiger partial charge in [-0.3, -0.25) is 4.57 Å². The molecule has 1 N–H and O–H groups in total. The van der Waals surface area contributed by atoms with Gasteiger partial charge in [-0.25, -0.2) is 13.1 Å². The van der Waals surface area contributed by atoms with Crippen molar-refractivity contribution in [2.45, 2.75) is 39.3 Å². The van der Waals surface area contributed by atoms with Crippen molar-refractivity contribution in [3.8, 4) is 0 Å². The summed E-state index contributed by atoms with van der Waals surface area (Å²) in [5, 5.41) is 4.48. The van der Waals surface area contributed by atoms with Gasteiger partial charge in [-0.05, 0) is 39.4 Å². The average molecular weight is 314 g/mol. The minimum absolute atomic E-state index is 0.134. The second-order valence-corrected chi connectivity index (χ2v) is 8.28. The molecule has 110 valence electrons. The average Bonchev–Trinajstić information content (AvgIpc) is 2.93. The molecule has 3 rings (SSSR count). The summed E-state index contributed by atoms with van der Waals surface area (Å²) in [6.07, 6.45) is 0.588. The van der Waals surface area contributed by atoms with Crippen molar-refractivity contribution in [3.05, 3.63) is 10.5 Å². The van der Waals surface area contributed by atoms with Crippen LogP contribution in [0.1, 0.15) is 26.0 Å². The van der Waals surface area contributed by atoms with Crippen molar-refractivity contribution in [2.75, 3.05) is 11.5 Å². The lowest BCUT2D eigenvalue weighted by atomic mass is 10.0. The Bertz CT molecular complexity index is 843. The third kappa shape index (κ3) is 1.85. The predicted octanol–water partition coefficient (Wildman–Crippen LogP) is 1.76. The van der Waals surface area contributed by atoms with Crippen LogP contribution in [0.4, 0.5) is 0 Å². The molecule has 0 aliphatic carbocycles. The number of H-pyrrole nitrogens is 1. The van der Waals surface area contributed by atoms with Crippen LogP contribution in [0.3, 0.4) is 0 Å². The molecular weight excluding hydrogens is 296 g/mol. The second kappa shape index (κ2) is 4.17. The minimum atomic E-state index is -2.99. The Labute approximate surface area is 122 Å². The molecule has 6 nitrogen and oxygen atoms in total. The van der Waals surface area contributed by atoms with Crippen LogP contribution >= 0.6 is 12.2 Å². The number of aromatic nitrogens is 4.